The third-order valence-electron chi connectivity index (χ3n) is 3.47. The zero-order valence-corrected chi connectivity index (χ0v) is 14.0. The number of pyridine rings is 2. The average molecular weight is 358 g/mol. The Kier molecular flexibility index (Phi) is 5.62. The van der Waals surface area contributed by atoms with Crippen LogP contribution < -0.4 is 9.47 Å². The van der Waals surface area contributed by atoms with Crippen LogP contribution in [-0.4, -0.2) is 33.2 Å². The maximum atomic E-state index is 12.5. The predicted molar refractivity (Wildman–Crippen MR) is 90.1 cm³/mol. The van der Waals surface area contributed by atoms with Crippen LogP contribution in [0.3, 0.4) is 0 Å². The van der Waals surface area contributed by atoms with Gasteiger partial charge in [-0.3, -0.25) is 0 Å². The lowest BCUT2D eigenvalue weighted by atomic mass is 10.0. The molecule has 0 bridgehead atoms. The molecule has 3 heterocycles. The highest BCUT2D eigenvalue weighted by molar-refractivity contribution is 5.69. The second-order valence-corrected chi connectivity index (χ2v) is 5.31. The summed E-state index contributed by atoms with van der Waals surface area (Å²) in [5.41, 5.74) is 3.13. The number of hydrogen-bond donors (Lipinski definition) is 0. The number of rotatable bonds is 7. The lowest BCUT2D eigenvalue weighted by molar-refractivity contribution is -0.0528. The molecule has 0 aromatic carbocycles. The molecule has 8 heteroatoms. The van der Waals surface area contributed by atoms with Crippen molar-refractivity contribution < 1.29 is 18.3 Å². The van der Waals surface area contributed by atoms with Crippen molar-refractivity contribution in [3.05, 3.63) is 60.4 Å². The summed E-state index contributed by atoms with van der Waals surface area (Å²) in [5.74, 6) is 0.247. The zero-order valence-electron chi connectivity index (χ0n) is 14.0. The molecule has 0 amide bonds. The number of aromatic nitrogens is 4. The van der Waals surface area contributed by atoms with E-state index in [9.17, 15) is 8.78 Å². The topological polar surface area (TPSA) is 70.0 Å². The molecule has 26 heavy (non-hydrogen) atoms. The first-order valence-electron chi connectivity index (χ1n) is 7.92. The maximum absolute atomic E-state index is 12.5. The Balaban J connectivity index is 1.96. The van der Waals surface area contributed by atoms with E-state index in [0.29, 0.717) is 30.0 Å². The summed E-state index contributed by atoms with van der Waals surface area (Å²) in [6, 6.07) is 5.01. The number of alkyl halides is 2. The van der Waals surface area contributed by atoms with Crippen LogP contribution in [0.2, 0.25) is 0 Å². The molecule has 0 N–H and O–H groups in total. The van der Waals surface area contributed by atoms with Crippen molar-refractivity contribution in [3.63, 3.8) is 0 Å². The second-order valence-electron chi connectivity index (χ2n) is 5.31. The third-order valence-corrected chi connectivity index (χ3v) is 3.47. The van der Waals surface area contributed by atoms with Crippen molar-refractivity contribution in [2.75, 3.05) is 6.61 Å². The molecule has 0 aliphatic rings. The van der Waals surface area contributed by atoms with Crippen LogP contribution in [0.15, 0.2) is 49.3 Å². The van der Waals surface area contributed by atoms with Gasteiger partial charge in [0.05, 0.1) is 6.61 Å². The van der Waals surface area contributed by atoms with Gasteiger partial charge in [-0.1, -0.05) is 0 Å². The summed E-state index contributed by atoms with van der Waals surface area (Å²) in [7, 11) is 0. The van der Waals surface area contributed by atoms with Gasteiger partial charge in [-0.25, -0.2) is 19.9 Å². The van der Waals surface area contributed by atoms with E-state index in [1.54, 1.807) is 24.7 Å². The van der Waals surface area contributed by atoms with Crippen LogP contribution in [0.1, 0.15) is 18.1 Å². The monoisotopic (exact) mass is 358 g/mol. The molecule has 3 aromatic rings. The minimum absolute atomic E-state index is 0.165. The molecule has 0 atom stereocenters. The first-order chi connectivity index (χ1) is 12.7. The van der Waals surface area contributed by atoms with Crippen LogP contribution >= 0.6 is 0 Å². The van der Waals surface area contributed by atoms with Gasteiger partial charge < -0.3 is 9.47 Å². The highest BCUT2D eigenvalue weighted by Crippen LogP contribution is 2.31. The number of hydrogen-bond acceptors (Lipinski definition) is 6. The van der Waals surface area contributed by atoms with Gasteiger partial charge in [0.25, 0.3) is 0 Å². The smallest absolute Gasteiger partial charge is 0.388 e. The van der Waals surface area contributed by atoms with Gasteiger partial charge in [-0.15, -0.1) is 0 Å². The predicted octanol–water partition coefficient (Wildman–Crippen LogP) is 3.52. The molecule has 0 saturated heterocycles. The molecule has 0 spiro atoms. The number of halogens is 2. The van der Waals surface area contributed by atoms with E-state index in [1.807, 2.05) is 13.0 Å². The Bertz CT molecular complexity index is 863. The van der Waals surface area contributed by atoms with Crippen molar-refractivity contribution in [2.45, 2.75) is 20.0 Å². The van der Waals surface area contributed by atoms with Gasteiger partial charge in [0.15, 0.2) is 0 Å². The summed E-state index contributed by atoms with van der Waals surface area (Å²) in [5, 5.41) is 0. The largest absolute Gasteiger partial charge is 0.478 e. The van der Waals surface area contributed by atoms with Crippen molar-refractivity contribution >= 4 is 0 Å². The molecule has 0 saturated carbocycles. The normalized spacial score (nSPS) is 10.8. The molecular weight excluding hydrogens is 342 g/mol. The summed E-state index contributed by atoms with van der Waals surface area (Å²) in [6.07, 6.45) is 8.61. The molecule has 0 unspecified atom stereocenters. The minimum atomic E-state index is -2.94. The Hall–Kier alpha value is -3.16. The van der Waals surface area contributed by atoms with E-state index in [2.05, 4.69) is 24.7 Å². The van der Waals surface area contributed by atoms with Crippen molar-refractivity contribution in [2.24, 2.45) is 0 Å². The Labute approximate surface area is 148 Å². The van der Waals surface area contributed by atoms with Gasteiger partial charge in [0.1, 0.15) is 6.33 Å². The Morgan fingerprint density at radius 1 is 1.04 bits per heavy atom. The van der Waals surface area contributed by atoms with Crippen molar-refractivity contribution in [1.82, 2.24) is 19.9 Å². The first-order valence-corrected chi connectivity index (χ1v) is 7.92. The molecule has 0 aliphatic heterocycles. The fraction of sp³-hybridized carbons (Fsp3) is 0.222. The van der Waals surface area contributed by atoms with Gasteiger partial charge in [0.2, 0.25) is 11.8 Å². The van der Waals surface area contributed by atoms with Crippen molar-refractivity contribution in [1.29, 1.82) is 0 Å². The maximum Gasteiger partial charge on any atom is 0.388 e. The van der Waals surface area contributed by atoms with Crippen LogP contribution in [-0.2, 0) is 6.42 Å². The van der Waals surface area contributed by atoms with E-state index in [1.165, 1.54) is 18.6 Å². The highest BCUT2D eigenvalue weighted by Gasteiger charge is 2.13. The quantitative estimate of drug-likeness (QED) is 0.644. The van der Waals surface area contributed by atoms with Crippen LogP contribution in [0.25, 0.3) is 11.1 Å². The molecule has 134 valence electrons. The molecule has 0 radical (unpaired) electrons. The molecule has 0 fully saturated rings. The van der Waals surface area contributed by atoms with Crippen LogP contribution in [0, 0.1) is 0 Å². The fourth-order valence-electron chi connectivity index (χ4n) is 2.44. The number of nitrogens with zero attached hydrogens (tertiary/aromatic N) is 4. The summed E-state index contributed by atoms with van der Waals surface area (Å²) in [6.45, 7) is -0.665. The van der Waals surface area contributed by atoms with Crippen LogP contribution in [0.4, 0.5) is 8.78 Å². The van der Waals surface area contributed by atoms with E-state index in [4.69, 9.17) is 4.74 Å². The van der Waals surface area contributed by atoms with Crippen LogP contribution in [0.5, 0.6) is 11.8 Å². The molecule has 6 nitrogen and oxygen atoms in total. The Morgan fingerprint density at radius 2 is 1.85 bits per heavy atom. The molecule has 3 aromatic heterocycles. The third kappa shape index (κ3) is 4.47. The minimum Gasteiger partial charge on any atom is -0.478 e. The summed E-state index contributed by atoms with van der Waals surface area (Å²) >= 11 is 0. The van der Waals surface area contributed by atoms with Gasteiger partial charge >= 0.3 is 6.61 Å². The molecule has 0 aliphatic carbocycles. The van der Waals surface area contributed by atoms with E-state index in [-0.39, 0.29) is 5.88 Å². The average Bonchev–Trinajstić information content (AvgIpc) is 2.64. The Morgan fingerprint density at radius 3 is 2.58 bits per heavy atom. The highest BCUT2D eigenvalue weighted by atomic mass is 19.3. The van der Waals surface area contributed by atoms with Gasteiger partial charge in [-0.05, 0) is 35.7 Å². The first kappa shape index (κ1) is 17.7. The van der Waals surface area contributed by atoms with E-state index < -0.39 is 6.61 Å². The van der Waals surface area contributed by atoms with Gasteiger partial charge in [-0.2, -0.15) is 8.78 Å². The summed E-state index contributed by atoms with van der Waals surface area (Å²) in [4.78, 5) is 16.1. The van der Waals surface area contributed by atoms with Crippen molar-refractivity contribution in [3.8, 4) is 22.9 Å². The van der Waals surface area contributed by atoms with Gasteiger partial charge in [0, 0.05) is 42.8 Å². The van der Waals surface area contributed by atoms with E-state index in [0.717, 1.165) is 11.1 Å². The lowest BCUT2D eigenvalue weighted by Gasteiger charge is -2.12. The second kappa shape index (κ2) is 8.28. The molecule has 3 rings (SSSR count). The standard InChI is InChI=1S/C18H16F2N4O2/c1-2-25-17-15(14-3-4-23-16(7-14)26-18(19)20)6-12(10-24-17)5-13-8-21-11-22-9-13/h3-4,6-11,18H,2,5H2,1H3. The fourth-order valence-corrected chi connectivity index (χ4v) is 2.44. The SMILES string of the molecule is CCOc1ncc(Cc2cncnc2)cc1-c1ccnc(OC(F)F)c1. The lowest BCUT2D eigenvalue weighted by Crippen LogP contribution is -2.04. The molecular formula is C18H16F2N4O2. The van der Waals surface area contributed by atoms with E-state index >= 15 is 0 Å². The summed E-state index contributed by atoms with van der Waals surface area (Å²) < 4.78 is 34.9. The number of ether oxygens (including phenoxy) is 2. The zero-order chi connectivity index (χ0) is 18.4.